The van der Waals surface area contributed by atoms with Gasteiger partial charge in [0.2, 0.25) is 5.90 Å². The van der Waals surface area contributed by atoms with Crippen LogP contribution >= 0.6 is 0 Å². The Labute approximate surface area is 240 Å². The summed E-state index contributed by atoms with van der Waals surface area (Å²) in [4.78, 5) is 21.5. The number of nitrogens with zero attached hydrogens (tertiary/aromatic N) is 2. The van der Waals surface area contributed by atoms with Crippen LogP contribution in [0.15, 0.2) is 108 Å². The molecule has 2 aliphatic heterocycles. The minimum atomic E-state index is -1.12. The number of aliphatic imine (C=N–C) groups is 1. The molecule has 41 heavy (non-hydrogen) atoms. The van der Waals surface area contributed by atoms with E-state index in [1.54, 1.807) is 0 Å². The fraction of sp³-hybridized carbons (Fsp3) is 0.257. The molecule has 2 atom stereocenters. The van der Waals surface area contributed by atoms with Crippen LogP contribution in [0.1, 0.15) is 42.6 Å². The summed E-state index contributed by atoms with van der Waals surface area (Å²) in [7, 11) is 0. The second-order valence-electron chi connectivity index (χ2n) is 10.5. The summed E-state index contributed by atoms with van der Waals surface area (Å²) in [5, 5.41) is 9.04. The number of aliphatic hydroxyl groups excluding tert-OH is 1. The Morgan fingerprint density at radius 3 is 2.32 bits per heavy atom. The predicted molar refractivity (Wildman–Crippen MR) is 161 cm³/mol. The van der Waals surface area contributed by atoms with Gasteiger partial charge in [-0.25, -0.2) is 4.99 Å². The molecule has 2 aliphatic rings. The van der Waals surface area contributed by atoms with Crippen molar-refractivity contribution in [2.24, 2.45) is 4.99 Å². The molecule has 2 heterocycles. The van der Waals surface area contributed by atoms with E-state index >= 15 is 0 Å². The Balaban J connectivity index is 1.40. The second kappa shape index (κ2) is 11.6. The third-order valence-corrected chi connectivity index (χ3v) is 7.76. The van der Waals surface area contributed by atoms with Crippen molar-refractivity contribution in [3.63, 3.8) is 0 Å². The van der Waals surface area contributed by atoms with Crippen LogP contribution in [0.3, 0.4) is 0 Å². The molecule has 6 heteroatoms. The zero-order chi connectivity index (χ0) is 28.2. The maximum atomic E-state index is 14.5. The van der Waals surface area contributed by atoms with Crippen LogP contribution in [-0.2, 0) is 16.0 Å². The van der Waals surface area contributed by atoms with Gasteiger partial charge >= 0.3 is 0 Å². The van der Waals surface area contributed by atoms with E-state index in [0.29, 0.717) is 37.6 Å². The first kappa shape index (κ1) is 26.8. The lowest BCUT2D eigenvalue weighted by Crippen LogP contribution is -2.55. The topological polar surface area (TPSA) is 71.4 Å². The number of hydrogen-bond donors (Lipinski definition) is 1. The Hall–Kier alpha value is -4.42. The number of rotatable bonds is 9. The number of carbonyl (C=O) groups is 1. The van der Waals surface area contributed by atoms with Gasteiger partial charge in [-0.05, 0) is 59.0 Å². The third-order valence-electron chi connectivity index (χ3n) is 7.76. The van der Waals surface area contributed by atoms with Gasteiger partial charge in [-0.2, -0.15) is 0 Å². The summed E-state index contributed by atoms with van der Waals surface area (Å²) in [6, 6.07) is 34.2. The first-order chi connectivity index (χ1) is 20.1. The Kier molecular flexibility index (Phi) is 7.57. The predicted octanol–water partition coefficient (Wildman–Crippen LogP) is 6.37. The molecule has 4 aromatic rings. The van der Waals surface area contributed by atoms with E-state index in [9.17, 15) is 4.79 Å². The van der Waals surface area contributed by atoms with E-state index in [-0.39, 0.29) is 12.5 Å². The molecule has 0 fully saturated rings. The fourth-order valence-electron chi connectivity index (χ4n) is 5.75. The first-order valence-corrected chi connectivity index (χ1v) is 14.3. The van der Waals surface area contributed by atoms with Crippen molar-refractivity contribution in [2.45, 2.75) is 37.8 Å². The molecule has 208 valence electrons. The number of hydrogen-bond acceptors (Lipinski definition) is 5. The van der Waals surface area contributed by atoms with Gasteiger partial charge in [0.25, 0.3) is 5.91 Å². The maximum Gasteiger partial charge on any atom is 0.259 e. The molecule has 0 aliphatic carbocycles. The molecule has 6 rings (SSSR count). The van der Waals surface area contributed by atoms with E-state index < -0.39 is 11.6 Å². The van der Waals surface area contributed by atoms with Gasteiger partial charge in [-0.15, -0.1) is 0 Å². The smallest absolute Gasteiger partial charge is 0.259 e. The Morgan fingerprint density at radius 2 is 1.59 bits per heavy atom. The van der Waals surface area contributed by atoms with Crippen molar-refractivity contribution in [3.05, 3.63) is 120 Å². The zero-order valence-corrected chi connectivity index (χ0v) is 23.2. The van der Waals surface area contributed by atoms with Gasteiger partial charge in [0.1, 0.15) is 5.75 Å². The van der Waals surface area contributed by atoms with Crippen molar-refractivity contribution in [1.29, 1.82) is 0 Å². The SMILES string of the molecule is CCCN1C(=O)[C@@]2(Cc3ccccc31)N=C(c1ccc(OCCCO)cc1)O[C@H]2c1ccc(-c2ccccc2)cc1. The van der Waals surface area contributed by atoms with E-state index in [4.69, 9.17) is 19.6 Å². The summed E-state index contributed by atoms with van der Waals surface area (Å²) in [5.41, 5.74) is 4.86. The number of anilines is 1. The van der Waals surface area contributed by atoms with Crippen LogP contribution < -0.4 is 9.64 Å². The van der Waals surface area contributed by atoms with Gasteiger partial charge in [-0.1, -0.05) is 79.7 Å². The largest absolute Gasteiger partial charge is 0.494 e. The minimum Gasteiger partial charge on any atom is -0.494 e. The van der Waals surface area contributed by atoms with Crippen LogP contribution in [0.25, 0.3) is 11.1 Å². The molecule has 0 radical (unpaired) electrons. The average Bonchev–Trinajstić information content (AvgIpc) is 3.40. The first-order valence-electron chi connectivity index (χ1n) is 14.3. The lowest BCUT2D eigenvalue weighted by atomic mass is 9.78. The number of amides is 1. The highest BCUT2D eigenvalue weighted by Crippen LogP contribution is 2.48. The molecular weight excluding hydrogens is 512 g/mol. The standard InChI is InChI=1S/C35H34N2O4/c1-2-21-37-31-12-7-6-11-29(31)24-35(34(37)39)32(27-15-13-26(14-16-27)25-9-4-3-5-10-25)41-33(36-35)28-17-19-30(20-18-28)40-23-8-22-38/h3-7,9-20,32,38H,2,8,21-24H2,1H3/t32-,35-/m0/s1. The van der Waals surface area contributed by atoms with Crippen molar-refractivity contribution in [1.82, 2.24) is 0 Å². The highest BCUT2D eigenvalue weighted by molar-refractivity contribution is 6.08. The van der Waals surface area contributed by atoms with E-state index in [1.807, 2.05) is 65.6 Å². The van der Waals surface area contributed by atoms with Gasteiger partial charge < -0.3 is 19.5 Å². The van der Waals surface area contributed by atoms with Gasteiger partial charge in [-0.3, -0.25) is 4.79 Å². The van der Waals surface area contributed by atoms with Crippen LogP contribution in [0.5, 0.6) is 5.75 Å². The summed E-state index contributed by atoms with van der Waals surface area (Å²) >= 11 is 0. The summed E-state index contributed by atoms with van der Waals surface area (Å²) in [5.74, 6) is 1.13. The summed E-state index contributed by atoms with van der Waals surface area (Å²) < 4.78 is 12.4. The number of carbonyl (C=O) groups excluding carboxylic acids is 1. The second-order valence-corrected chi connectivity index (χ2v) is 10.5. The third kappa shape index (κ3) is 5.11. The van der Waals surface area contributed by atoms with Crippen LogP contribution in [0, 0.1) is 0 Å². The minimum absolute atomic E-state index is 0.0332. The van der Waals surface area contributed by atoms with Crippen molar-refractivity contribution >= 4 is 17.5 Å². The average molecular weight is 547 g/mol. The Morgan fingerprint density at radius 1 is 0.902 bits per heavy atom. The van der Waals surface area contributed by atoms with Crippen molar-refractivity contribution in [2.75, 3.05) is 24.7 Å². The summed E-state index contributed by atoms with van der Waals surface area (Å²) in [6.07, 6.45) is 1.28. The number of ether oxygens (including phenoxy) is 2. The number of para-hydroxylation sites is 1. The molecule has 6 nitrogen and oxygen atoms in total. The fourth-order valence-corrected chi connectivity index (χ4v) is 5.75. The van der Waals surface area contributed by atoms with Crippen LogP contribution in [0.4, 0.5) is 5.69 Å². The number of fused-ring (bicyclic) bond motifs is 1. The van der Waals surface area contributed by atoms with Gasteiger partial charge in [0, 0.05) is 37.2 Å². The van der Waals surface area contributed by atoms with Gasteiger partial charge in [0.05, 0.1) is 6.61 Å². The van der Waals surface area contributed by atoms with Crippen LogP contribution in [0.2, 0.25) is 0 Å². The van der Waals surface area contributed by atoms with Crippen LogP contribution in [-0.4, -0.2) is 42.2 Å². The lowest BCUT2D eigenvalue weighted by molar-refractivity contribution is -0.126. The Bertz CT molecular complexity index is 1530. The van der Waals surface area contributed by atoms with Crippen molar-refractivity contribution in [3.8, 4) is 16.9 Å². The van der Waals surface area contributed by atoms with E-state index in [2.05, 4.69) is 49.4 Å². The molecule has 0 aromatic heterocycles. The van der Waals surface area contributed by atoms with E-state index in [1.165, 1.54) is 0 Å². The normalized spacial score (nSPS) is 19.6. The van der Waals surface area contributed by atoms with E-state index in [0.717, 1.165) is 39.9 Å². The number of benzene rings is 4. The molecule has 1 N–H and O–H groups in total. The zero-order valence-electron chi connectivity index (χ0n) is 23.2. The molecule has 0 unspecified atom stereocenters. The monoisotopic (exact) mass is 546 g/mol. The lowest BCUT2D eigenvalue weighted by Gasteiger charge is -2.40. The molecule has 1 amide bonds. The quantitative estimate of drug-likeness (QED) is 0.248. The molecule has 0 bridgehead atoms. The molecule has 1 spiro atoms. The maximum absolute atomic E-state index is 14.5. The van der Waals surface area contributed by atoms with Gasteiger partial charge in [0.15, 0.2) is 11.6 Å². The van der Waals surface area contributed by atoms with Crippen molar-refractivity contribution < 1.29 is 19.4 Å². The molecule has 4 aromatic carbocycles. The number of aliphatic hydroxyl groups is 1. The summed E-state index contributed by atoms with van der Waals surface area (Å²) in [6.45, 7) is 3.23. The highest BCUT2D eigenvalue weighted by Gasteiger charge is 2.57. The highest BCUT2D eigenvalue weighted by atomic mass is 16.5. The molecular formula is C35H34N2O4. The molecule has 0 saturated carbocycles. The molecule has 0 saturated heterocycles.